The number of benzene rings is 1. The van der Waals surface area contributed by atoms with E-state index in [4.69, 9.17) is 14.2 Å². The van der Waals surface area contributed by atoms with Crippen LogP contribution in [0.5, 0.6) is 17.2 Å². The van der Waals surface area contributed by atoms with Gasteiger partial charge in [-0.25, -0.2) is 0 Å². The Hall–Kier alpha value is -1.91. The van der Waals surface area contributed by atoms with Crippen molar-refractivity contribution < 1.29 is 19.0 Å². The molecule has 0 atom stereocenters. The van der Waals surface area contributed by atoms with E-state index in [-0.39, 0.29) is 12.7 Å². The average molecular weight is 235 g/mol. The lowest BCUT2D eigenvalue weighted by Gasteiger charge is -2.26. The van der Waals surface area contributed by atoms with Crippen molar-refractivity contribution in [3.05, 3.63) is 17.2 Å². The maximum Gasteiger partial charge on any atom is 0.254 e. The zero-order chi connectivity index (χ0) is 12.0. The fraction of sp³-hybridized carbons (Fsp3) is 0.417. The van der Waals surface area contributed by atoms with E-state index in [1.165, 1.54) is 0 Å². The van der Waals surface area contributed by atoms with E-state index in [0.717, 1.165) is 12.0 Å². The lowest BCUT2D eigenvalue weighted by Crippen LogP contribution is -2.34. The minimum absolute atomic E-state index is 0.00264. The third-order valence-electron chi connectivity index (χ3n) is 3.21. The van der Waals surface area contributed by atoms with Crippen LogP contribution in [0.3, 0.4) is 0 Å². The molecule has 0 spiro atoms. The summed E-state index contributed by atoms with van der Waals surface area (Å²) in [7, 11) is 3.35. The standard InChI is InChI=1S/C12H13NO4/c1-13-4-3-7-8(12(13)14)5-9(15-2)11-10(7)16-6-17-11/h5H,3-4,6H2,1-2H3. The van der Waals surface area contributed by atoms with Crippen molar-refractivity contribution in [2.24, 2.45) is 0 Å². The molecule has 2 heterocycles. The Bertz CT molecular complexity index is 498. The van der Waals surface area contributed by atoms with Crippen LogP contribution in [0, 0.1) is 0 Å². The molecule has 5 nitrogen and oxygen atoms in total. The zero-order valence-electron chi connectivity index (χ0n) is 9.78. The molecule has 2 aliphatic rings. The van der Waals surface area contributed by atoms with Crippen LogP contribution in [-0.2, 0) is 6.42 Å². The van der Waals surface area contributed by atoms with Crippen molar-refractivity contribution in [2.45, 2.75) is 6.42 Å². The van der Waals surface area contributed by atoms with Crippen LogP contribution in [0.4, 0.5) is 0 Å². The third-order valence-corrected chi connectivity index (χ3v) is 3.21. The molecule has 0 aromatic heterocycles. The van der Waals surface area contributed by atoms with Gasteiger partial charge in [0.25, 0.3) is 5.91 Å². The van der Waals surface area contributed by atoms with Gasteiger partial charge in [-0.3, -0.25) is 4.79 Å². The highest BCUT2D eigenvalue weighted by molar-refractivity contribution is 5.98. The summed E-state index contributed by atoms with van der Waals surface area (Å²) in [4.78, 5) is 13.8. The highest BCUT2D eigenvalue weighted by atomic mass is 16.7. The number of ether oxygens (including phenoxy) is 3. The molecule has 0 radical (unpaired) electrons. The molecule has 3 rings (SSSR count). The van der Waals surface area contributed by atoms with Gasteiger partial charge < -0.3 is 19.1 Å². The van der Waals surface area contributed by atoms with Crippen molar-refractivity contribution in [3.8, 4) is 17.2 Å². The second-order valence-electron chi connectivity index (χ2n) is 4.15. The van der Waals surface area contributed by atoms with Crippen LogP contribution < -0.4 is 14.2 Å². The van der Waals surface area contributed by atoms with Gasteiger partial charge in [-0.1, -0.05) is 0 Å². The SMILES string of the molecule is COc1cc2c(c3c1OCO3)CCN(C)C2=O. The Labute approximate surface area is 98.9 Å². The van der Waals surface area contributed by atoms with E-state index in [9.17, 15) is 4.79 Å². The highest BCUT2D eigenvalue weighted by Crippen LogP contribution is 2.46. The quantitative estimate of drug-likeness (QED) is 0.730. The number of amides is 1. The number of rotatable bonds is 1. The van der Waals surface area contributed by atoms with Crippen LogP contribution >= 0.6 is 0 Å². The predicted octanol–water partition coefficient (Wildman–Crippen LogP) is 1.05. The molecular formula is C12H13NO4. The Morgan fingerprint density at radius 3 is 2.88 bits per heavy atom. The fourth-order valence-corrected chi connectivity index (χ4v) is 2.27. The molecule has 0 saturated carbocycles. The van der Waals surface area contributed by atoms with Crippen LogP contribution in [0.15, 0.2) is 6.07 Å². The topological polar surface area (TPSA) is 48.0 Å². The van der Waals surface area contributed by atoms with Crippen molar-refractivity contribution in [3.63, 3.8) is 0 Å². The molecule has 0 aliphatic carbocycles. The lowest BCUT2D eigenvalue weighted by atomic mass is 9.97. The second-order valence-corrected chi connectivity index (χ2v) is 4.15. The Morgan fingerprint density at radius 2 is 2.12 bits per heavy atom. The summed E-state index contributed by atoms with van der Waals surface area (Å²) in [5.41, 5.74) is 1.58. The number of fused-ring (bicyclic) bond motifs is 3. The van der Waals surface area contributed by atoms with Gasteiger partial charge in [0.2, 0.25) is 12.5 Å². The van der Waals surface area contributed by atoms with E-state index in [2.05, 4.69) is 0 Å². The zero-order valence-corrected chi connectivity index (χ0v) is 9.78. The van der Waals surface area contributed by atoms with E-state index < -0.39 is 0 Å². The molecule has 90 valence electrons. The maximum absolute atomic E-state index is 12.1. The van der Waals surface area contributed by atoms with Crippen molar-refractivity contribution >= 4 is 5.91 Å². The Kier molecular flexibility index (Phi) is 2.14. The minimum Gasteiger partial charge on any atom is -0.493 e. The minimum atomic E-state index is 0.00264. The number of hydrogen-bond acceptors (Lipinski definition) is 4. The number of carbonyl (C=O) groups is 1. The van der Waals surface area contributed by atoms with Gasteiger partial charge in [0.1, 0.15) is 0 Å². The number of hydrogen-bond donors (Lipinski definition) is 0. The second kappa shape index (κ2) is 3.55. The van der Waals surface area contributed by atoms with Crippen LogP contribution in [0.2, 0.25) is 0 Å². The van der Waals surface area contributed by atoms with Crippen LogP contribution in [-0.4, -0.2) is 38.3 Å². The van der Waals surface area contributed by atoms with E-state index >= 15 is 0 Å². The maximum atomic E-state index is 12.1. The lowest BCUT2D eigenvalue weighted by molar-refractivity contribution is 0.0779. The molecule has 17 heavy (non-hydrogen) atoms. The predicted molar refractivity (Wildman–Crippen MR) is 59.8 cm³/mol. The fourth-order valence-electron chi connectivity index (χ4n) is 2.27. The van der Waals surface area contributed by atoms with Gasteiger partial charge in [-0.15, -0.1) is 0 Å². The summed E-state index contributed by atoms with van der Waals surface area (Å²) in [5, 5.41) is 0. The van der Waals surface area contributed by atoms with Gasteiger partial charge in [-0.2, -0.15) is 0 Å². The van der Waals surface area contributed by atoms with E-state index in [0.29, 0.717) is 29.4 Å². The molecule has 0 fully saturated rings. The summed E-state index contributed by atoms with van der Waals surface area (Å²) in [6.07, 6.45) is 0.785. The van der Waals surface area contributed by atoms with Gasteiger partial charge >= 0.3 is 0 Å². The molecule has 0 N–H and O–H groups in total. The summed E-state index contributed by atoms with van der Waals surface area (Å²) in [6, 6.07) is 1.74. The van der Waals surface area contributed by atoms with Crippen LogP contribution in [0.1, 0.15) is 15.9 Å². The largest absolute Gasteiger partial charge is 0.493 e. The van der Waals surface area contributed by atoms with Gasteiger partial charge in [0.15, 0.2) is 11.5 Å². The third kappa shape index (κ3) is 1.35. The first-order valence-corrected chi connectivity index (χ1v) is 5.47. The normalized spacial score (nSPS) is 17.1. The molecule has 0 unspecified atom stereocenters. The average Bonchev–Trinajstić information content (AvgIpc) is 2.82. The Balaban J connectivity index is 2.22. The summed E-state index contributed by atoms with van der Waals surface area (Å²) in [6.45, 7) is 0.889. The van der Waals surface area contributed by atoms with Gasteiger partial charge in [0, 0.05) is 19.2 Å². The molecule has 2 aliphatic heterocycles. The first kappa shape index (κ1) is 10.3. The van der Waals surface area contributed by atoms with Crippen molar-refractivity contribution in [1.29, 1.82) is 0 Å². The molecule has 0 saturated heterocycles. The monoisotopic (exact) mass is 235 g/mol. The number of carbonyl (C=O) groups excluding carboxylic acids is 1. The number of methoxy groups -OCH3 is 1. The van der Waals surface area contributed by atoms with Crippen molar-refractivity contribution in [2.75, 3.05) is 27.5 Å². The van der Waals surface area contributed by atoms with E-state index in [1.54, 1.807) is 25.1 Å². The van der Waals surface area contributed by atoms with Crippen molar-refractivity contribution in [1.82, 2.24) is 4.90 Å². The first-order chi connectivity index (χ1) is 8.22. The first-order valence-electron chi connectivity index (χ1n) is 5.47. The summed E-state index contributed by atoms with van der Waals surface area (Å²) in [5.74, 6) is 1.84. The molecule has 5 heteroatoms. The number of likely N-dealkylation sites (N-methyl/N-ethyl adjacent to an activating group) is 1. The Morgan fingerprint density at radius 1 is 1.35 bits per heavy atom. The summed E-state index contributed by atoms with van der Waals surface area (Å²) < 4.78 is 16.1. The molecule has 0 bridgehead atoms. The van der Waals surface area contributed by atoms with E-state index in [1.807, 2.05) is 0 Å². The van der Waals surface area contributed by atoms with Crippen LogP contribution in [0.25, 0.3) is 0 Å². The van der Waals surface area contributed by atoms with Gasteiger partial charge in [-0.05, 0) is 12.5 Å². The molecule has 1 aromatic carbocycles. The molecular weight excluding hydrogens is 222 g/mol. The molecule has 1 amide bonds. The highest BCUT2D eigenvalue weighted by Gasteiger charge is 2.32. The smallest absolute Gasteiger partial charge is 0.254 e. The number of nitrogens with zero attached hydrogens (tertiary/aromatic N) is 1. The van der Waals surface area contributed by atoms with Gasteiger partial charge in [0.05, 0.1) is 12.7 Å². The molecule has 1 aromatic rings. The summed E-state index contributed by atoms with van der Waals surface area (Å²) >= 11 is 0.